The molecule has 5 aromatic carbocycles. The van der Waals surface area contributed by atoms with E-state index < -0.39 is 53.5 Å². The molecule has 0 radical (unpaired) electrons. The van der Waals surface area contributed by atoms with Gasteiger partial charge in [-0.3, -0.25) is 14.4 Å². The van der Waals surface area contributed by atoms with Gasteiger partial charge in [-0.15, -0.1) is 0 Å². The topological polar surface area (TPSA) is 152 Å². The molecular weight excluding hydrogens is 781 g/mol. The maximum absolute atomic E-state index is 14.5. The van der Waals surface area contributed by atoms with Crippen LogP contribution in [0.25, 0.3) is 11.1 Å². The predicted octanol–water partition coefficient (Wildman–Crippen LogP) is 8.41. The molecule has 0 bridgehead atoms. The van der Waals surface area contributed by atoms with E-state index in [9.17, 15) is 24.0 Å². The molecule has 0 saturated heterocycles. The van der Waals surface area contributed by atoms with E-state index in [-0.39, 0.29) is 24.9 Å². The number of hydrogen-bond donors (Lipinski definition) is 4. The zero-order chi connectivity index (χ0) is 44.1. The van der Waals surface area contributed by atoms with E-state index in [1.807, 2.05) is 140 Å². The lowest BCUT2D eigenvalue weighted by Gasteiger charge is -2.37. The molecule has 0 aliphatic heterocycles. The second-order valence-electron chi connectivity index (χ2n) is 16.6. The Morgan fingerprint density at radius 1 is 0.629 bits per heavy atom. The van der Waals surface area contributed by atoms with Gasteiger partial charge in [0, 0.05) is 18.4 Å². The van der Waals surface area contributed by atoms with Crippen LogP contribution in [0.4, 0.5) is 9.59 Å². The first-order valence-electron chi connectivity index (χ1n) is 21.2. The molecule has 11 nitrogen and oxygen atoms in total. The highest BCUT2D eigenvalue weighted by Crippen LogP contribution is 2.44. The number of amides is 4. The number of rotatable bonds is 18. The van der Waals surface area contributed by atoms with E-state index in [1.165, 1.54) is 0 Å². The maximum atomic E-state index is 14.5. The van der Waals surface area contributed by atoms with E-state index in [2.05, 4.69) is 21.3 Å². The smallest absolute Gasteiger partial charge is 0.407 e. The number of fused-ring (bicyclic) bond motifs is 3. The molecule has 0 aromatic heterocycles. The summed E-state index contributed by atoms with van der Waals surface area (Å²) in [5.74, 6) is -2.06. The Bertz CT molecular complexity index is 2170. The van der Waals surface area contributed by atoms with Gasteiger partial charge in [0.05, 0.1) is 13.0 Å². The third kappa shape index (κ3) is 11.3. The number of carbonyl (C=O) groups excluding carboxylic acids is 5. The molecule has 0 spiro atoms. The Labute approximate surface area is 364 Å². The predicted molar refractivity (Wildman–Crippen MR) is 239 cm³/mol. The number of Topliss-reactive ketones (excluding diaryl/α,β-unsaturated/α-hetero) is 1. The summed E-state index contributed by atoms with van der Waals surface area (Å²) in [6.07, 6.45) is 0.00812. The van der Waals surface area contributed by atoms with E-state index in [4.69, 9.17) is 9.47 Å². The second kappa shape index (κ2) is 20.7. The van der Waals surface area contributed by atoms with Gasteiger partial charge in [-0.05, 0) is 72.6 Å². The SMILES string of the molecule is C[C@@H](CCCCNC(=O)OC(C)(C)C)C(=O)CNC(=O)[C@H](CC(=O)NC(c1ccccc1)(c1ccccc1)c1ccccc1)NC(=O)OCC1c2ccccc2-c2ccccc21. The van der Waals surface area contributed by atoms with Gasteiger partial charge in [0.2, 0.25) is 11.8 Å². The molecule has 6 rings (SSSR count). The van der Waals surface area contributed by atoms with Crippen molar-refractivity contribution in [1.82, 2.24) is 21.3 Å². The number of benzene rings is 5. The lowest BCUT2D eigenvalue weighted by Crippen LogP contribution is -2.53. The van der Waals surface area contributed by atoms with Crippen LogP contribution < -0.4 is 21.3 Å². The Hall–Kier alpha value is -6.75. The minimum absolute atomic E-state index is 0.00280. The molecular formula is C51H56N4O7. The average molecular weight is 837 g/mol. The Balaban J connectivity index is 1.17. The van der Waals surface area contributed by atoms with Gasteiger partial charge in [-0.2, -0.15) is 0 Å². The molecule has 0 unspecified atom stereocenters. The van der Waals surface area contributed by atoms with Crippen molar-refractivity contribution in [2.75, 3.05) is 19.7 Å². The van der Waals surface area contributed by atoms with Gasteiger partial charge in [0.25, 0.3) is 0 Å². The fourth-order valence-electron chi connectivity index (χ4n) is 7.93. The lowest BCUT2D eigenvalue weighted by molar-refractivity contribution is -0.130. The molecule has 322 valence electrons. The van der Waals surface area contributed by atoms with Crippen molar-refractivity contribution < 1.29 is 33.4 Å². The van der Waals surface area contributed by atoms with Crippen molar-refractivity contribution in [2.45, 2.75) is 76.5 Å². The summed E-state index contributed by atoms with van der Waals surface area (Å²) < 4.78 is 11.1. The van der Waals surface area contributed by atoms with Crippen LogP contribution in [0.5, 0.6) is 0 Å². The maximum Gasteiger partial charge on any atom is 0.407 e. The number of nitrogens with one attached hydrogen (secondary N) is 4. The summed E-state index contributed by atoms with van der Waals surface area (Å²) in [4.78, 5) is 67.3. The summed E-state index contributed by atoms with van der Waals surface area (Å²) in [7, 11) is 0. The van der Waals surface area contributed by atoms with Gasteiger partial charge in [0.15, 0.2) is 5.78 Å². The molecule has 5 aromatic rings. The number of unbranched alkanes of at least 4 members (excludes halogenated alkanes) is 1. The first kappa shape index (κ1) is 44.8. The highest BCUT2D eigenvalue weighted by Gasteiger charge is 2.39. The fourth-order valence-corrected chi connectivity index (χ4v) is 7.93. The van der Waals surface area contributed by atoms with Crippen molar-refractivity contribution in [1.29, 1.82) is 0 Å². The summed E-state index contributed by atoms with van der Waals surface area (Å²) in [5.41, 5.74) is 4.80. The number of ketones is 1. The van der Waals surface area contributed by atoms with E-state index in [1.54, 1.807) is 27.7 Å². The standard InChI is InChI=1S/C51H56N4O7/c1-35(20-18-19-31-52-48(59)62-50(2,3)4)45(56)33-53-47(58)44(54-49(60)61-34-43-41-29-16-14-27-39(41)40-28-15-17-30-42(40)43)32-46(57)55-51(36-21-8-5-9-22-36,37-23-10-6-11-24-37)38-25-12-7-13-26-38/h5-17,21-30,35,43-44H,18-20,31-34H2,1-4H3,(H,52,59)(H,53,58)(H,54,60)(H,55,57)/t35-,44-/m0/s1. The Kier molecular flexibility index (Phi) is 14.9. The van der Waals surface area contributed by atoms with Crippen LogP contribution in [-0.4, -0.2) is 61.1 Å². The molecule has 1 aliphatic rings. The summed E-state index contributed by atoms with van der Waals surface area (Å²) >= 11 is 0. The van der Waals surface area contributed by atoms with Crippen molar-refractivity contribution in [2.24, 2.45) is 5.92 Å². The van der Waals surface area contributed by atoms with Crippen LogP contribution in [0.2, 0.25) is 0 Å². The summed E-state index contributed by atoms with van der Waals surface area (Å²) in [6, 6.07) is 43.3. The average Bonchev–Trinajstić information content (AvgIpc) is 3.59. The van der Waals surface area contributed by atoms with Gasteiger partial charge in [0.1, 0.15) is 23.8 Å². The number of ether oxygens (including phenoxy) is 2. The quantitative estimate of drug-likeness (QED) is 0.0511. The number of carbonyl (C=O) groups is 5. The summed E-state index contributed by atoms with van der Waals surface area (Å²) in [6.45, 7) is 7.26. The lowest BCUT2D eigenvalue weighted by atomic mass is 9.77. The van der Waals surface area contributed by atoms with Gasteiger partial charge >= 0.3 is 12.2 Å². The Morgan fingerprint density at radius 2 is 1.13 bits per heavy atom. The molecule has 0 heterocycles. The molecule has 0 fully saturated rings. The van der Waals surface area contributed by atoms with Gasteiger partial charge in [-0.1, -0.05) is 153 Å². The first-order chi connectivity index (χ1) is 29.9. The van der Waals surface area contributed by atoms with E-state index in [0.717, 1.165) is 38.9 Å². The van der Waals surface area contributed by atoms with Crippen LogP contribution in [0.3, 0.4) is 0 Å². The van der Waals surface area contributed by atoms with E-state index in [0.29, 0.717) is 25.8 Å². The molecule has 11 heteroatoms. The first-order valence-corrected chi connectivity index (χ1v) is 21.2. The monoisotopic (exact) mass is 836 g/mol. The van der Waals surface area contributed by atoms with Crippen molar-refractivity contribution >= 4 is 29.8 Å². The number of hydrogen-bond acceptors (Lipinski definition) is 7. The molecule has 4 amide bonds. The molecule has 1 aliphatic carbocycles. The minimum atomic E-state index is -1.40. The van der Waals surface area contributed by atoms with Crippen LogP contribution in [-0.2, 0) is 29.4 Å². The normalized spacial score (nSPS) is 13.1. The third-order valence-corrected chi connectivity index (χ3v) is 11.0. The largest absolute Gasteiger partial charge is 0.449 e. The van der Waals surface area contributed by atoms with Crippen molar-refractivity contribution in [3.8, 4) is 11.1 Å². The fraction of sp³-hybridized carbons (Fsp3) is 0.314. The molecule has 62 heavy (non-hydrogen) atoms. The van der Waals surface area contributed by atoms with Crippen molar-refractivity contribution in [3.05, 3.63) is 167 Å². The van der Waals surface area contributed by atoms with Gasteiger partial charge in [-0.25, -0.2) is 9.59 Å². The third-order valence-electron chi connectivity index (χ3n) is 11.0. The van der Waals surface area contributed by atoms with Crippen LogP contribution in [0, 0.1) is 5.92 Å². The highest BCUT2D eigenvalue weighted by atomic mass is 16.6. The second-order valence-corrected chi connectivity index (χ2v) is 16.6. The van der Waals surface area contributed by atoms with Crippen LogP contribution in [0.1, 0.15) is 87.1 Å². The molecule has 2 atom stereocenters. The molecule has 0 saturated carbocycles. The van der Waals surface area contributed by atoms with Crippen LogP contribution in [0.15, 0.2) is 140 Å². The van der Waals surface area contributed by atoms with Gasteiger partial charge < -0.3 is 30.7 Å². The highest BCUT2D eigenvalue weighted by molar-refractivity contribution is 5.94. The minimum Gasteiger partial charge on any atom is -0.449 e. The number of alkyl carbamates (subject to hydrolysis) is 2. The van der Waals surface area contributed by atoms with E-state index >= 15 is 0 Å². The van der Waals surface area contributed by atoms with Crippen molar-refractivity contribution in [3.63, 3.8) is 0 Å². The zero-order valence-corrected chi connectivity index (χ0v) is 35.8. The van der Waals surface area contributed by atoms with Crippen LogP contribution >= 0.6 is 0 Å². The molecule has 4 N–H and O–H groups in total. The Morgan fingerprint density at radius 3 is 1.65 bits per heavy atom. The zero-order valence-electron chi connectivity index (χ0n) is 35.8. The summed E-state index contributed by atoms with van der Waals surface area (Å²) in [5, 5.41) is 11.3.